The molecule has 0 saturated carbocycles. The molecule has 0 saturated heterocycles. The van der Waals surface area contributed by atoms with Crippen LogP contribution in [0.3, 0.4) is 0 Å². The molecule has 3 heterocycles. The van der Waals surface area contributed by atoms with Crippen molar-refractivity contribution < 1.29 is 17.5 Å². The maximum atomic E-state index is 9.30. The van der Waals surface area contributed by atoms with Gasteiger partial charge in [-0.1, -0.05) is 141 Å². The number of nitrogens with zero attached hydrogens (tertiary/aromatic N) is 4. The average Bonchev–Trinajstić information content (AvgIpc) is 3.86. The van der Waals surface area contributed by atoms with Crippen molar-refractivity contribution >= 4 is 32.8 Å². The van der Waals surface area contributed by atoms with Gasteiger partial charge in [0.2, 0.25) is 0 Å². The number of para-hydroxylation sites is 4. The van der Waals surface area contributed by atoms with Crippen LogP contribution in [0.1, 0.15) is 33.6 Å². The number of rotatable bonds is 8. The van der Waals surface area contributed by atoms with Crippen LogP contribution in [0.5, 0.6) is 11.5 Å². The highest BCUT2D eigenvalue weighted by Gasteiger charge is 2.20. The largest absolute Gasteiger partial charge is 0.458 e. The molecule has 0 bridgehead atoms. The summed E-state index contributed by atoms with van der Waals surface area (Å²) in [4.78, 5) is 4.65. The van der Waals surface area contributed by atoms with Crippen molar-refractivity contribution in [2.45, 2.75) is 19.8 Å². The first-order valence-corrected chi connectivity index (χ1v) is 18.6. The fraction of sp³-hybridized carbons (Fsp3) is 0.0588. The van der Waals surface area contributed by atoms with Gasteiger partial charge in [-0.2, -0.15) is 0 Å². The Hall–Kier alpha value is -7.24. The van der Waals surface area contributed by atoms with Gasteiger partial charge in [-0.15, -0.1) is 0 Å². The highest BCUT2D eigenvalue weighted by molar-refractivity contribution is 6.09. The second-order valence-electron chi connectivity index (χ2n) is 14.0. The summed E-state index contributed by atoms with van der Waals surface area (Å²) in [6.07, 6.45) is 5.36. The van der Waals surface area contributed by atoms with Gasteiger partial charge < -0.3 is 4.74 Å². The van der Waals surface area contributed by atoms with E-state index in [1.807, 2.05) is 83.4 Å². The Labute approximate surface area is 334 Å². The molecular formula is C51H38N4O. The number of imidazole rings is 1. The smallest absolute Gasteiger partial charge is 0.269 e. The minimum atomic E-state index is -0.413. The molecule has 268 valence electrons. The van der Waals surface area contributed by atoms with Gasteiger partial charge in [0, 0.05) is 23.0 Å². The molecule has 0 N–H and O–H groups in total. The van der Waals surface area contributed by atoms with E-state index in [1.165, 1.54) is 0 Å². The molecule has 10 rings (SSSR count). The van der Waals surface area contributed by atoms with E-state index in [2.05, 4.69) is 84.3 Å². The van der Waals surface area contributed by atoms with Crippen LogP contribution < -0.4 is 9.30 Å². The van der Waals surface area contributed by atoms with E-state index in [0.29, 0.717) is 17.1 Å². The fourth-order valence-electron chi connectivity index (χ4n) is 7.49. The number of ether oxygens (including phenoxy) is 1. The summed E-state index contributed by atoms with van der Waals surface area (Å²) in [5.41, 5.74) is 9.37. The number of pyridine rings is 1. The van der Waals surface area contributed by atoms with E-state index in [9.17, 15) is 2.74 Å². The molecule has 0 aliphatic heterocycles. The third kappa shape index (κ3) is 5.82. The van der Waals surface area contributed by atoms with Gasteiger partial charge in [-0.25, -0.2) is 4.98 Å². The second-order valence-corrected chi connectivity index (χ2v) is 14.0. The summed E-state index contributed by atoms with van der Waals surface area (Å²) >= 11 is 0. The SMILES string of the molecule is [2H]c1c(Oc2cccc(-n3[c-][n+](-c4c(-c5ccccc5)cccc4-c4ccccc4)c4ccccc43)c2)cc2c(c1[2H])c1c([2H])c([2H])c([2H])c([2H])c1n2-c1cc(C(C)C)ccn1. The van der Waals surface area contributed by atoms with E-state index < -0.39 is 12.1 Å². The zero-order valence-electron chi connectivity index (χ0n) is 36.7. The molecule has 0 amide bonds. The third-order valence-corrected chi connectivity index (χ3v) is 10.2. The Morgan fingerprint density at radius 3 is 2.09 bits per heavy atom. The van der Waals surface area contributed by atoms with E-state index in [0.717, 1.165) is 50.2 Å². The van der Waals surface area contributed by atoms with Crippen molar-refractivity contribution in [3.8, 4) is 50.9 Å². The van der Waals surface area contributed by atoms with Gasteiger partial charge in [0.1, 0.15) is 17.3 Å². The maximum absolute atomic E-state index is 9.30. The van der Waals surface area contributed by atoms with Gasteiger partial charge in [-0.05, 0) is 82.2 Å². The van der Waals surface area contributed by atoms with Crippen LogP contribution in [-0.2, 0) is 0 Å². The average molecular weight is 729 g/mol. The third-order valence-electron chi connectivity index (χ3n) is 10.2. The van der Waals surface area contributed by atoms with E-state index in [1.54, 1.807) is 22.9 Å². The van der Waals surface area contributed by atoms with E-state index in [4.69, 9.17) is 10.2 Å². The molecule has 5 heteroatoms. The fourth-order valence-corrected chi connectivity index (χ4v) is 7.49. The lowest BCUT2D eigenvalue weighted by atomic mass is 9.95. The Balaban J connectivity index is 1.14. The maximum Gasteiger partial charge on any atom is 0.269 e. The van der Waals surface area contributed by atoms with Crippen molar-refractivity contribution in [2.24, 2.45) is 0 Å². The van der Waals surface area contributed by atoms with Crippen LogP contribution in [0.2, 0.25) is 0 Å². The van der Waals surface area contributed by atoms with Gasteiger partial charge >= 0.3 is 0 Å². The Morgan fingerprint density at radius 2 is 1.32 bits per heavy atom. The Kier molecular flexibility index (Phi) is 6.78. The summed E-state index contributed by atoms with van der Waals surface area (Å²) in [5.74, 6) is 1.08. The minimum absolute atomic E-state index is 0.0830. The monoisotopic (exact) mass is 728 g/mol. The normalized spacial score (nSPS) is 13.1. The Bertz CT molecular complexity index is 3320. The molecule has 0 atom stereocenters. The summed E-state index contributed by atoms with van der Waals surface area (Å²) in [5, 5.41) is 0.376. The van der Waals surface area contributed by atoms with Crippen LogP contribution in [-0.4, -0.2) is 14.1 Å². The van der Waals surface area contributed by atoms with Crippen LogP contribution >= 0.6 is 0 Å². The van der Waals surface area contributed by atoms with Gasteiger partial charge in [-0.3, -0.25) is 13.7 Å². The molecule has 3 aromatic heterocycles. The van der Waals surface area contributed by atoms with Crippen molar-refractivity contribution in [1.82, 2.24) is 14.1 Å². The first kappa shape index (κ1) is 27.4. The molecule has 0 unspecified atom stereocenters. The lowest BCUT2D eigenvalue weighted by molar-refractivity contribution is -0.571. The molecule has 0 aliphatic rings. The van der Waals surface area contributed by atoms with E-state index >= 15 is 0 Å². The summed E-state index contributed by atoms with van der Waals surface area (Å²) in [7, 11) is 0. The van der Waals surface area contributed by atoms with E-state index in [-0.39, 0.29) is 52.1 Å². The minimum Gasteiger partial charge on any atom is -0.458 e. The van der Waals surface area contributed by atoms with Crippen LogP contribution in [0.15, 0.2) is 188 Å². The number of fused-ring (bicyclic) bond motifs is 4. The van der Waals surface area contributed by atoms with Crippen LogP contribution in [0, 0.1) is 6.33 Å². The highest BCUT2D eigenvalue weighted by Crippen LogP contribution is 2.37. The number of hydrogen-bond acceptors (Lipinski definition) is 2. The number of hydrogen-bond donors (Lipinski definition) is 0. The quantitative estimate of drug-likeness (QED) is 0.115. The van der Waals surface area contributed by atoms with Gasteiger partial charge in [0.25, 0.3) is 6.33 Å². The Morgan fingerprint density at radius 1 is 0.625 bits per heavy atom. The van der Waals surface area contributed by atoms with Crippen molar-refractivity contribution in [3.05, 3.63) is 200 Å². The first-order chi connectivity index (χ1) is 30.1. The molecular weight excluding hydrogens is 685 g/mol. The summed E-state index contributed by atoms with van der Waals surface area (Å²) in [6, 6.07) is 46.3. The van der Waals surface area contributed by atoms with Crippen LogP contribution in [0.25, 0.3) is 72.3 Å². The molecule has 7 aromatic carbocycles. The molecule has 0 radical (unpaired) electrons. The predicted octanol–water partition coefficient (Wildman–Crippen LogP) is 12.4. The lowest BCUT2D eigenvalue weighted by Gasteiger charge is -2.17. The second kappa shape index (κ2) is 13.9. The predicted molar refractivity (Wildman–Crippen MR) is 227 cm³/mol. The molecule has 0 aliphatic carbocycles. The van der Waals surface area contributed by atoms with Gasteiger partial charge in [0.05, 0.1) is 41.7 Å². The number of aromatic nitrogens is 4. The summed E-state index contributed by atoms with van der Waals surface area (Å²) < 4.78 is 65.7. The van der Waals surface area contributed by atoms with Crippen LogP contribution in [0.4, 0.5) is 0 Å². The molecule has 56 heavy (non-hydrogen) atoms. The summed E-state index contributed by atoms with van der Waals surface area (Å²) in [6.45, 7) is 4.12. The number of benzene rings is 7. The molecule has 0 spiro atoms. The van der Waals surface area contributed by atoms with Gasteiger partial charge in [0.15, 0.2) is 0 Å². The zero-order chi connectivity index (χ0) is 42.8. The first-order valence-electron chi connectivity index (χ1n) is 21.6. The standard InChI is InChI=1S/C51H38N4O/c1-35(2)38-29-30-52-50(31-38)55-46-24-10-9-21-44(46)45-28-27-41(33-49(45)55)56-40-20-13-19-39(32-40)53-34-54(48-26-12-11-25-47(48)53)51-42(36-15-5-3-6-16-36)22-14-23-43(51)37-17-7-4-8-18-37/h3-33,35H,1-2H3/i9D,10D,21D,24D,27D,28D. The van der Waals surface area contributed by atoms with Crippen molar-refractivity contribution in [1.29, 1.82) is 0 Å². The lowest BCUT2D eigenvalue weighted by Crippen LogP contribution is -2.31. The highest BCUT2D eigenvalue weighted by atomic mass is 16.5. The zero-order valence-corrected chi connectivity index (χ0v) is 30.7. The molecule has 10 aromatic rings. The topological polar surface area (TPSA) is 35.9 Å². The molecule has 0 fully saturated rings. The molecule has 5 nitrogen and oxygen atoms in total. The van der Waals surface area contributed by atoms with Crippen molar-refractivity contribution in [2.75, 3.05) is 0 Å². The van der Waals surface area contributed by atoms with Crippen molar-refractivity contribution in [3.63, 3.8) is 0 Å².